The number of ether oxygens (including phenoxy) is 2. The summed E-state index contributed by atoms with van der Waals surface area (Å²) in [5.41, 5.74) is 4.59. The molecule has 1 saturated heterocycles. The van der Waals surface area contributed by atoms with Crippen LogP contribution in [0.5, 0.6) is 0 Å². The highest BCUT2D eigenvalue weighted by Gasteiger charge is 2.36. The molecule has 35 heavy (non-hydrogen) atoms. The number of hydrogen-bond donors (Lipinski definition) is 2. The van der Waals surface area contributed by atoms with Crippen molar-refractivity contribution in [1.29, 1.82) is 0 Å². The number of piperidine rings is 1. The number of aliphatic carboxylic acids is 1. The molecule has 0 radical (unpaired) electrons. The zero-order chi connectivity index (χ0) is 24.9. The number of carbonyl (C=O) groups is 3. The molecule has 1 aliphatic carbocycles. The first-order chi connectivity index (χ1) is 16.9. The highest BCUT2D eigenvalue weighted by molar-refractivity contribution is 5.80. The third-order valence-electron chi connectivity index (χ3n) is 7.18. The van der Waals surface area contributed by atoms with Gasteiger partial charge in [0.05, 0.1) is 18.4 Å². The maximum atomic E-state index is 12.8. The minimum atomic E-state index is -0.879. The van der Waals surface area contributed by atoms with Crippen LogP contribution in [0.25, 0.3) is 11.1 Å². The molecule has 2 amide bonds. The van der Waals surface area contributed by atoms with E-state index in [0.717, 1.165) is 22.3 Å². The summed E-state index contributed by atoms with van der Waals surface area (Å²) in [6, 6.07) is 15.9. The first kappa shape index (κ1) is 24.7. The van der Waals surface area contributed by atoms with Crippen molar-refractivity contribution in [3.63, 3.8) is 0 Å². The van der Waals surface area contributed by atoms with Gasteiger partial charge in [-0.25, -0.2) is 4.79 Å². The van der Waals surface area contributed by atoms with Crippen LogP contribution in [0.3, 0.4) is 0 Å². The summed E-state index contributed by atoms with van der Waals surface area (Å²) in [5.74, 6) is -1.65. The van der Waals surface area contributed by atoms with Crippen LogP contribution < -0.4 is 5.32 Å². The minimum Gasteiger partial charge on any atom is -0.481 e. The van der Waals surface area contributed by atoms with E-state index in [-0.39, 0.29) is 37.4 Å². The lowest BCUT2D eigenvalue weighted by Gasteiger charge is -2.38. The SMILES string of the molecule is COC(CNC(=O)OCC1c2ccccc2-c2ccccc21)CC(=O)N1CCC[C@H](C(=O)O)[C@@H]1C. The van der Waals surface area contributed by atoms with Crippen LogP contribution in [0.2, 0.25) is 0 Å². The number of alkyl carbamates (subject to hydrolysis) is 1. The second-order valence-corrected chi connectivity index (χ2v) is 9.18. The molecular formula is C27H32N2O6. The van der Waals surface area contributed by atoms with Crippen LogP contribution in [-0.2, 0) is 19.1 Å². The number of nitrogens with one attached hydrogen (secondary N) is 1. The van der Waals surface area contributed by atoms with Gasteiger partial charge in [-0.3, -0.25) is 9.59 Å². The van der Waals surface area contributed by atoms with Gasteiger partial charge in [-0.1, -0.05) is 48.5 Å². The molecule has 1 aliphatic heterocycles. The number of carboxylic acid groups (broad SMARTS) is 1. The molecular weight excluding hydrogens is 448 g/mol. The maximum Gasteiger partial charge on any atom is 0.407 e. The van der Waals surface area contributed by atoms with Crippen LogP contribution in [-0.4, -0.2) is 66.9 Å². The number of hydrogen-bond acceptors (Lipinski definition) is 5. The van der Waals surface area contributed by atoms with Crippen LogP contribution in [0.4, 0.5) is 4.79 Å². The number of carboxylic acids is 1. The fraction of sp³-hybridized carbons (Fsp3) is 0.444. The van der Waals surface area contributed by atoms with E-state index in [2.05, 4.69) is 29.6 Å². The van der Waals surface area contributed by atoms with Crippen LogP contribution in [0.15, 0.2) is 48.5 Å². The topological polar surface area (TPSA) is 105 Å². The van der Waals surface area contributed by atoms with Crippen molar-refractivity contribution in [2.45, 2.75) is 44.2 Å². The van der Waals surface area contributed by atoms with Gasteiger partial charge in [0.25, 0.3) is 0 Å². The molecule has 2 aliphatic rings. The highest BCUT2D eigenvalue weighted by atomic mass is 16.5. The van der Waals surface area contributed by atoms with Crippen molar-refractivity contribution >= 4 is 18.0 Å². The van der Waals surface area contributed by atoms with Crippen molar-refractivity contribution in [3.8, 4) is 11.1 Å². The summed E-state index contributed by atoms with van der Waals surface area (Å²) in [7, 11) is 1.48. The lowest BCUT2D eigenvalue weighted by molar-refractivity contribution is -0.149. The summed E-state index contributed by atoms with van der Waals surface area (Å²) in [4.78, 5) is 38.4. The lowest BCUT2D eigenvalue weighted by Crippen LogP contribution is -2.50. The number of likely N-dealkylation sites (tertiary alicyclic amines) is 1. The molecule has 8 nitrogen and oxygen atoms in total. The fourth-order valence-electron chi connectivity index (χ4n) is 5.22. The predicted molar refractivity (Wildman–Crippen MR) is 130 cm³/mol. The summed E-state index contributed by atoms with van der Waals surface area (Å²) in [5, 5.41) is 12.1. The monoisotopic (exact) mass is 480 g/mol. The van der Waals surface area contributed by atoms with Gasteiger partial charge in [0, 0.05) is 32.2 Å². The summed E-state index contributed by atoms with van der Waals surface area (Å²) >= 11 is 0. The van der Waals surface area contributed by atoms with Crippen molar-refractivity contribution in [2.75, 3.05) is 26.8 Å². The zero-order valence-electron chi connectivity index (χ0n) is 20.1. The summed E-state index contributed by atoms with van der Waals surface area (Å²) < 4.78 is 11.0. The van der Waals surface area contributed by atoms with Crippen molar-refractivity contribution < 1.29 is 29.0 Å². The molecule has 1 fully saturated rings. The Balaban J connectivity index is 1.29. The molecule has 0 aromatic heterocycles. The van der Waals surface area contributed by atoms with Crippen molar-refractivity contribution in [1.82, 2.24) is 10.2 Å². The van der Waals surface area contributed by atoms with E-state index in [0.29, 0.717) is 19.4 Å². The minimum absolute atomic E-state index is 0.0317. The molecule has 0 saturated carbocycles. The number of benzene rings is 2. The van der Waals surface area contributed by atoms with Gasteiger partial charge in [0.2, 0.25) is 5.91 Å². The summed E-state index contributed by atoms with van der Waals surface area (Å²) in [6.45, 7) is 2.62. The largest absolute Gasteiger partial charge is 0.481 e. The Morgan fingerprint density at radius 3 is 2.31 bits per heavy atom. The van der Waals surface area contributed by atoms with Crippen LogP contribution >= 0.6 is 0 Å². The molecule has 0 spiro atoms. The second kappa shape index (κ2) is 10.9. The van der Waals surface area contributed by atoms with Gasteiger partial charge >= 0.3 is 12.1 Å². The van der Waals surface area contributed by atoms with Gasteiger partial charge in [0.15, 0.2) is 0 Å². The van der Waals surface area contributed by atoms with E-state index in [1.807, 2.05) is 24.3 Å². The average Bonchev–Trinajstić information content (AvgIpc) is 3.18. The molecule has 2 aromatic rings. The Kier molecular flexibility index (Phi) is 7.70. The maximum absolute atomic E-state index is 12.8. The number of amides is 2. The molecule has 1 unspecified atom stereocenters. The average molecular weight is 481 g/mol. The van der Waals surface area contributed by atoms with Gasteiger partial charge in [-0.15, -0.1) is 0 Å². The highest BCUT2D eigenvalue weighted by Crippen LogP contribution is 2.44. The Morgan fingerprint density at radius 2 is 1.71 bits per heavy atom. The lowest BCUT2D eigenvalue weighted by atomic mass is 9.90. The molecule has 4 rings (SSSR count). The molecule has 2 N–H and O–H groups in total. The quantitative estimate of drug-likeness (QED) is 0.598. The zero-order valence-corrected chi connectivity index (χ0v) is 20.1. The van der Waals surface area contributed by atoms with Gasteiger partial charge in [-0.2, -0.15) is 0 Å². The van der Waals surface area contributed by atoms with E-state index in [1.165, 1.54) is 7.11 Å². The number of carbonyl (C=O) groups excluding carboxylic acids is 2. The predicted octanol–water partition coefficient (Wildman–Crippen LogP) is 3.64. The first-order valence-corrected chi connectivity index (χ1v) is 12.0. The molecule has 0 bridgehead atoms. The third kappa shape index (κ3) is 5.32. The van der Waals surface area contributed by atoms with Gasteiger partial charge < -0.3 is 24.8 Å². The normalized spacial score (nSPS) is 20.0. The number of nitrogens with zero attached hydrogens (tertiary/aromatic N) is 1. The van der Waals surface area contributed by atoms with E-state index in [4.69, 9.17) is 9.47 Å². The fourth-order valence-corrected chi connectivity index (χ4v) is 5.22. The van der Waals surface area contributed by atoms with Crippen LogP contribution in [0.1, 0.15) is 43.2 Å². The Bertz CT molecular complexity index is 1040. The van der Waals surface area contributed by atoms with E-state index < -0.39 is 24.1 Å². The van der Waals surface area contributed by atoms with Crippen molar-refractivity contribution in [3.05, 3.63) is 59.7 Å². The molecule has 3 atom stereocenters. The van der Waals surface area contributed by atoms with Crippen LogP contribution in [0, 0.1) is 5.92 Å². The Hall–Kier alpha value is -3.39. The van der Waals surface area contributed by atoms with Gasteiger partial charge in [0.1, 0.15) is 6.61 Å². The van der Waals surface area contributed by atoms with E-state index >= 15 is 0 Å². The third-order valence-corrected chi connectivity index (χ3v) is 7.18. The van der Waals surface area contributed by atoms with Gasteiger partial charge in [-0.05, 0) is 42.0 Å². The number of methoxy groups -OCH3 is 1. The van der Waals surface area contributed by atoms with E-state index in [9.17, 15) is 19.5 Å². The molecule has 186 valence electrons. The number of rotatable bonds is 8. The smallest absolute Gasteiger partial charge is 0.407 e. The van der Waals surface area contributed by atoms with Crippen molar-refractivity contribution in [2.24, 2.45) is 5.92 Å². The first-order valence-electron chi connectivity index (χ1n) is 12.0. The molecule has 1 heterocycles. The Morgan fingerprint density at radius 1 is 1.09 bits per heavy atom. The molecule has 8 heteroatoms. The Labute approximate surface area is 205 Å². The number of fused-ring (bicyclic) bond motifs is 3. The summed E-state index contributed by atoms with van der Waals surface area (Å²) in [6.07, 6.45) is 0.163. The van der Waals surface area contributed by atoms with E-state index in [1.54, 1.807) is 11.8 Å². The standard InChI is InChI=1S/C27H32N2O6/c1-17-19(26(31)32)12-7-13-29(17)25(30)14-18(34-2)15-28-27(33)35-16-24-22-10-5-3-8-20(22)21-9-4-6-11-23(21)24/h3-6,8-11,17-19,24H,7,12-16H2,1-2H3,(H,28,33)(H,31,32)/t17-,18?,19-/m0/s1. The molecule has 2 aromatic carbocycles. The second-order valence-electron chi connectivity index (χ2n) is 9.18.